The van der Waals surface area contributed by atoms with Crippen LogP contribution in [-0.2, 0) is 10.0 Å². The van der Waals surface area contributed by atoms with Crippen LogP contribution in [0.1, 0.15) is 13.8 Å². The predicted molar refractivity (Wildman–Crippen MR) is 73.6 cm³/mol. The van der Waals surface area contributed by atoms with Crippen LogP contribution in [0.2, 0.25) is 0 Å². The fourth-order valence-electron chi connectivity index (χ4n) is 1.43. The van der Waals surface area contributed by atoms with Crippen LogP contribution in [0.5, 0.6) is 5.75 Å². The maximum Gasteiger partial charge on any atom is 0.234 e. The monoisotopic (exact) mass is 272 g/mol. The lowest BCUT2D eigenvalue weighted by atomic mass is 10.3. The van der Waals surface area contributed by atoms with Gasteiger partial charge in [0.25, 0.3) is 0 Å². The van der Waals surface area contributed by atoms with Gasteiger partial charge in [-0.15, -0.1) is 0 Å². The normalized spacial score (nSPS) is 11.2. The smallest absolute Gasteiger partial charge is 0.234 e. The van der Waals surface area contributed by atoms with Crippen molar-refractivity contribution >= 4 is 15.7 Å². The second kappa shape index (κ2) is 7.23. The number of sulfonamides is 1. The van der Waals surface area contributed by atoms with Gasteiger partial charge in [0.15, 0.2) is 0 Å². The lowest BCUT2D eigenvalue weighted by Gasteiger charge is -2.12. The lowest BCUT2D eigenvalue weighted by Crippen LogP contribution is -2.26. The van der Waals surface area contributed by atoms with E-state index in [0.717, 1.165) is 6.54 Å². The van der Waals surface area contributed by atoms with E-state index in [2.05, 4.69) is 10.0 Å². The number of nitrogens with one attached hydrogen (secondary N) is 2. The van der Waals surface area contributed by atoms with Crippen molar-refractivity contribution in [3.05, 3.63) is 24.3 Å². The molecule has 0 atom stereocenters. The predicted octanol–water partition coefficient (Wildman–Crippen LogP) is 1.44. The van der Waals surface area contributed by atoms with Gasteiger partial charge in [-0.2, -0.15) is 0 Å². The molecule has 102 valence electrons. The third-order valence-electron chi connectivity index (χ3n) is 2.25. The van der Waals surface area contributed by atoms with Gasteiger partial charge >= 0.3 is 0 Å². The fraction of sp³-hybridized carbons (Fsp3) is 0.500. The Bertz CT molecular complexity index is 460. The van der Waals surface area contributed by atoms with Crippen LogP contribution >= 0.6 is 0 Å². The lowest BCUT2D eigenvalue weighted by molar-refractivity contribution is 0.342. The average molecular weight is 272 g/mol. The van der Waals surface area contributed by atoms with E-state index in [-0.39, 0.29) is 5.75 Å². The van der Waals surface area contributed by atoms with Crippen LogP contribution in [0.15, 0.2) is 24.3 Å². The molecular formula is C12H20N2O3S. The summed E-state index contributed by atoms with van der Waals surface area (Å²) in [6.45, 7) is 5.48. The van der Waals surface area contributed by atoms with Crippen molar-refractivity contribution in [1.82, 2.24) is 5.32 Å². The summed E-state index contributed by atoms with van der Waals surface area (Å²) >= 11 is 0. The first-order valence-electron chi connectivity index (χ1n) is 6.02. The number of anilines is 1. The van der Waals surface area contributed by atoms with Crippen molar-refractivity contribution in [1.29, 1.82) is 0 Å². The topological polar surface area (TPSA) is 67.4 Å². The molecule has 18 heavy (non-hydrogen) atoms. The molecule has 1 aromatic carbocycles. The molecule has 0 amide bonds. The van der Waals surface area contributed by atoms with Gasteiger partial charge in [-0.3, -0.25) is 4.72 Å². The molecule has 2 N–H and O–H groups in total. The Kier molecular flexibility index (Phi) is 5.94. The van der Waals surface area contributed by atoms with Crippen LogP contribution in [0.25, 0.3) is 0 Å². The Balaban J connectivity index is 2.71. The quantitative estimate of drug-likeness (QED) is 0.703. The van der Waals surface area contributed by atoms with Gasteiger partial charge in [0, 0.05) is 6.54 Å². The summed E-state index contributed by atoms with van der Waals surface area (Å²) in [4.78, 5) is 0. The largest absolute Gasteiger partial charge is 0.492 e. The van der Waals surface area contributed by atoms with Crippen LogP contribution < -0.4 is 14.8 Å². The number of para-hydroxylation sites is 2. The van der Waals surface area contributed by atoms with E-state index in [0.29, 0.717) is 24.6 Å². The van der Waals surface area contributed by atoms with Gasteiger partial charge in [0.1, 0.15) is 5.75 Å². The van der Waals surface area contributed by atoms with Gasteiger partial charge in [-0.05, 0) is 25.6 Å². The summed E-state index contributed by atoms with van der Waals surface area (Å²) in [5.41, 5.74) is 0.482. The third kappa shape index (κ3) is 4.93. The van der Waals surface area contributed by atoms with E-state index in [4.69, 9.17) is 4.74 Å². The molecule has 6 heteroatoms. The zero-order chi connectivity index (χ0) is 13.4. The minimum atomic E-state index is -3.34. The first-order chi connectivity index (χ1) is 8.59. The highest BCUT2D eigenvalue weighted by atomic mass is 32.2. The molecular weight excluding hydrogens is 252 g/mol. The van der Waals surface area contributed by atoms with E-state index in [1.807, 2.05) is 13.8 Å². The molecule has 1 rings (SSSR count). The van der Waals surface area contributed by atoms with Gasteiger partial charge in [-0.1, -0.05) is 19.1 Å². The summed E-state index contributed by atoms with van der Waals surface area (Å²) in [6.07, 6.45) is 0. The fourth-order valence-corrected chi connectivity index (χ4v) is 2.45. The van der Waals surface area contributed by atoms with Crippen LogP contribution in [-0.4, -0.2) is 33.9 Å². The molecule has 0 saturated heterocycles. The maximum atomic E-state index is 11.8. The van der Waals surface area contributed by atoms with Crippen LogP contribution in [0, 0.1) is 0 Å². The standard InChI is InChI=1S/C12H20N2O3S/c1-3-13-9-10-18(15,16)14-11-7-5-6-8-12(11)17-4-2/h5-8,13-14H,3-4,9-10H2,1-2H3. The molecule has 0 aliphatic carbocycles. The maximum absolute atomic E-state index is 11.8. The molecule has 1 aromatic rings. The summed E-state index contributed by atoms with van der Waals surface area (Å²) in [5.74, 6) is 0.591. The van der Waals surface area contributed by atoms with Crippen molar-refractivity contribution in [2.45, 2.75) is 13.8 Å². The second-order valence-electron chi connectivity index (χ2n) is 3.70. The molecule has 0 aromatic heterocycles. The Labute approximate surface area is 109 Å². The molecule has 0 aliphatic rings. The Morgan fingerprint density at radius 2 is 1.94 bits per heavy atom. The van der Waals surface area contributed by atoms with Gasteiger partial charge in [0.2, 0.25) is 10.0 Å². The minimum absolute atomic E-state index is 0.0430. The summed E-state index contributed by atoms with van der Waals surface area (Å²) in [7, 11) is -3.34. The molecule has 0 unspecified atom stereocenters. The summed E-state index contributed by atoms with van der Waals surface area (Å²) < 4.78 is 31.6. The summed E-state index contributed by atoms with van der Waals surface area (Å²) in [6, 6.07) is 7.01. The number of ether oxygens (including phenoxy) is 1. The zero-order valence-corrected chi connectivity index (χ0v) is 11.6. The van der Waals surface area contributed by atoms with Crippen molar-refractivity contribution < 1.29 is 13.2 Å². The SMILES string of the molecule is CCNCCS(=O)(=O)Nc1ccccc1OCC. The number of rotatable bonds is 8. The van der Waals surface area contributed by atoms with Crippen LogP contribution in [0.4, 0.5) is 5.69 Å². The highest BCUT2D eigenvalue weighted by Gasteiger charge is 2.12. The molecule has 0 aliphatic heterocycles. The number of hydrogen-bond acceptors (Lipinski definition) is 4. The van der Waals surface area contributed by atoms with Crippen molar-refractivity contribution in [3.8, 4) is 5.75 Å². The highest BCUT2D eigenvalue weighted by Crippen LogP contribution is 2.24. The van der Waals surface area contributed by atoms with E-state index >= 15 is 0 Å². The first kappa shape index (κ1) is 14.8. The third-order valence-corrected chi connectivity index (χ3v) is 3.52. The first-order valence-corrected chi connectivity index (χ1v) is 7.67. The minimum Gasteiger partial charge on any atom is -0.492 e. The molecule has 0 heterocycles. The molecule has 5 nitrogen and oxygen atoms in total. The van der Waals surface area contributed by atoms with E-state index in [9.17, 15) is 8.42 Å². The van der Waals surface area contributed by atoms with Gasteiger partial charge in [0.05, 0.1) is 18.0 Å². The molecule has 0 spiro atoms. The highest BCUT2D eigenvalue weighted by molar-refractivity contribution is 7.92. The van der Waals surface area contributed by atoms with Crippen molar-refractivity contribution in [3.63, 3.8) is 0 Å². The summed E-state index contributed by atoms with van der Waals surface area (Å²) in [5, 5.41) is 2.98. The van der Waals surface area contributed by atoms with Crippen LogP contribution in [0.3, 0.4) is 0 Å². The molecule has 0 saturated carbocycles. The van der Waals surface area contributed by atoms with Crippen molar-refractivity contribution in [2.24, 2.45) is 0 Å². The Hall–Kier alpha value is -1.27. The average Bonchev–Trinajstić information content (AvgIpc) is 2.32. The molecule has 0 radical (unpaired) electrons. The van der Waals surface area contributed by atoms with Gasteiger partial charge in [-0.25, -0.2) is 8.42 Å². The van der Waals surface area contributed by atoms with E-state index in [1.165, 1.54) is 0 Å². The number of benzene rings is 1. The van der Waals surface area contributed by atoms with E-state index < -0.39 is 10.0 Å². The molecule has 0 fully saturated rings. The van der Waals surface area contributed by atoms with Gasteiger partial charge < -0.3 is 10.1 Å². The van der Waals surface area contributed by atoms with Crippen molar-refractivity contribution in [2.75, 3.05) is 30.2 Å². The Morgan fingerprint density at radius 3 is 2.61 bits per heavy atom. The zero-order valence-electron chi connectivity index (χ0n) is 10.8. The second-order valence-corrected chi connectivity index (χ2v) is 5.55. The Morgan fingerprint density at radius 1 is 1.22 bits per heavy atom. The molecule has 0 bridgehead atoms. The van der Waals surface area contributed by atoms with E-state index in [1.54, 1.807) is 24.3 Å². The number of hydrogen-bond donors (Lipinski definition) is 2.